The number of ether oxygens (including phenoxy) is 2. The van der Waals surface area contributed by atoms with Crippen LogP contribution in [0.4, 0.5) is 5.69 Å². The van der Waals surface area contributed by atoms with Crippen molar-refractivity contribution in [1.29, 1.82) is 0 Å². The van der Waals surface area contributed by atoms with Gasteiger partial charge in [-0.05, 0) is 66.7 Å². The standard InChI is InChI=1S/C22H24N2O3S/c1-16-9-10-21(26-3)20(12-16)23-22(28)24(15-19-8-5-11-27-19)14-17-6-4-7-18(13-17)25-2/h4-13H,14-15H2,1-3H3,(H,23,28). The van der Waals surface area contributed by atoms with Crippen molar-refractivity contribution in [2.45, 2.75) is 20.0 Å². The minimum atomic E-state index is 0.546. The molecular formula is C22H24N2O3S. The van der Waals surface area contributed by atoms with E-state index in [1.807, 2.05) is 66.4 Å². The molecule has 0 atom stereocenters. The molecule has 3 rings (SSSR count). The fraction of sp³-hybridized carbons (Fsp3) is 0.227. The van der Waals surface area contributed by atoms with E-state index < -0.39 is 0 Å². The van der Waals surface area contributed by atoms with Gasteiger partial charge in [-0.3, -0.25) is 0 Å². The Bertz CT molecular complexity index is 925. The molecule has 0 bridgehead atoms. The molecule has 0 unspecified atom stereocenters. The summed E-state index contributed by atoms with van der Waals surface area (Å²) in [7, 11) is 3.31. The highest BCUT2D eigenvalue weighted by Gasteiger charge is 2.15. The predicted molar refractivity (Wildman–Crippen MR) is 115 cm³/mol. The summed E-state index contributed by atoms with van der Waals surface area (Å²) in [5.74, 6) is 2.39. The molecule has 0 saturated heterocycles. The van der Waals surface area contributed by atoms with Gasteiger partial charge in [0.15, 0.2) is 5.11 Å². The fourth-order valence-corrected chi connectivity index (χ4v) is 3.13. The van der Waals surface area contributed by atoms with Crippen LogP contribution in [0.1, 0.15) is 16.9 Å². The zero-order valence-electron chi connectivity index (χ0n) is 16.3. The van der Waals surface area contributed by atoms with Crippen LogP contribution in [0.5, 0.6) is 11.5 Å². The topological polar surface area (TPSA) is 46.9 Å². The third-order valence-electron chi connectivity index (χ3n) is 4.32. The normalized spacial score (nSPS) is 10.4. The van der Waals surface area contributed by atoms with Crippen LogP contribution in [-0.2, 0) is 13.1 Å². The Hall–Kier alpha value is -2.99. The van der Waals surface area contributed by atoms with E-state index in [0.717, 1.165) is 34.1 Å². The van der Waals surface area contributed by atoms with Gasteiger partial charge in [-0.1, -0.05) is 18.2 Å². The van der Waals surface area contributed by atoms with E-state index in [4.69, 9.17) is 26.1 Å². The van der Waals surface area contributed by atoms with Crippen LogP contribution in [0, 0.1) is 6.92 Å². The smallest absolute Gasteiger partial charge is 0.174 e. The number of nitrogens with one attached hydrogen (secondary N) is 1. The molecule has 0 aliphatic rings. The van der Waals surface area contributed by atoms with Crippen molar-refractivity contribution in [3.05, 3.63) is 77.7 Å². The average molecular weight is 397 g/mol. The molecule has 1 N–H and O–H groups in total. The molecule has 146 valence electrons. The maximum Gasteiger partial charge on any atom is 0.174 e. The summed E-state index contributed by atoms with van der Waals surface area (Å²) in [5.41, 5.74) is 3.05. The van der Waals surface area contributed by atoms with Crippen molar-refractivity contribution in [1.82, 2.24) is 4.90 Å². The van der Waals surface area contributed by atoms with E-state index >= 15 is 0 Å². The summed E-state index contributed by atoms with van der Waals surface area (Å²) >= 11 is 5.73. The maximum absolute atomic E-state index is 5.73. The summed E-state index contributed by atoms with van der Waals surface area (Å²) in [6.07, 6.45) is 1.67. The number of benzene rings is 2. The number of furan rings is 1. The number of anilines is 1. The third kappa shape index (κ3) is 5.04. The Labute approximate surface area is 170 Å². The van der Waals surface area contributed by atoms with Crippen molar-refractivity contribution < 1.29 is 13.9 Å². The Morgan fingerprint density at radius 2 is 1.89 bits per heavy atom. The quantitative estimate of drug-likeness (QED) is 0.567. The zero-order chi connectivity index (χ0) is 19.9. The minimum Gasteiger partial charge on any atom is -0.497 e. The van der Waals surface area contributed by atoms with Gasteiger partial charge in [0, 0.05) is 6.54 Å². The molecule has 0 spiro atoms. The fourth-order valence-electron chi connectivity index (χ4n) is 2.90. The van der Waals surface area contributed by atoms with Gasteiger partial charge in [-0.15, -0.1) is 0 Å². The first-order valence-electron chi connectivity index (χ1n) is 8.95. The molecular weight excluding hydrogens is 372 g/mol. The van der Waals surface area contributed by atoms with Crippen molar-refractivity contribution in [2.75, 3.05) is 19.5 Å². The largest absolute Gasteiger partial charge is 0.497 e. The second-order valence-electron chi connectivity index (χ2n) is 6.42. The van der Waals surface area contributed by atoms with Gasteiger partial charge in [0.1, 0.15) is 17.3 Å². The van der Waals surface area contributed by atoms with Crippen LogP contribution >= 0.6 is 12.2 Å². The van der Waals surface area contributed by atoms with Crippen molar-refractivity contribution >= 4 is 23.0 Å². The van der Waals surface area contributed by atoms with E-state index in [0.29, 0.717) is 18.2 Å². The number of aryl methyl sites for hydroxylation is 1. The summed E-state index contributed by atoms with van der Waals surface area (Å²) in [4.78, 5) is 2.05. The summed E-state index contributed by atoms with van der Waals surface area (Å²) in [5, 5.41) is 3.91. The first-order chi connectivity index (χ1) is 13.6. The predicted octanol–water partition coefficient (Wildman–Crippen LogP) is 5.00. The van der Waals surface area contributed by atoms with Crippen LogP contribution in [0.25, 0.3) is 0 Å². The van der Waals surface area contributed by atoms with Gasteiger partial charge in [-0.2, -0.15) is 0 Å². The number of nitrogens with zero attached hydrogens (tertiary/aromatic N) is 1. The maximum atomic E-state index is 5.73. The molecule has 0 fully saturated rings. The Morgan fingerprint density at radius 3 is 2.61 bits per heavy atom. The van der Waals surface area contributed by atoms with E-state index in [2.05, 4.69) is 5.32 Å². The van der Waals surface area contributed by atoms with Gasteiger partial charge in [0.05, 0.1) is 32.7 Å². The van der Waals surface area contributed by atoms with Crippen molar-refractivity contribution in [3.63, 3.8) is 0 Å². The van der Waals surface area contributed by atoms with Gasteiger partial charge in [0.25, 0.3) is 0 Å². The second-order valence-corrected chi connectivity index (χ2v) is 6.81. The number of hydrogen-bond acceptors (Lipinski definition) is 4. The molecule has 0 aliphatic heterocycles. The summed E-state index contributed by atoms with van der Waals surface area (Å²) in [6.45, 7) is 3.19. The zero-order valence-corrected chi connectivity index (χ0v) is 17.1. The number of hydrogen-bond donors (Lipinski definition) is 1. The lowest BCUT2D eigenvalue weighted by Gasteiger charge is -2.26. The SMILES string of the molecule is COc1cccc(CN(Cc2ccco2)C(=S)Nc2cc(C)ccc2OC)c1. The molecule has 1 aromatic heterocycles. The van der Waals surface area contributed by atoms with Gasteiger partial charge in [-0.25, -0.2) is 0 Å². The first kappa shape index (κ1) is 19.8. The lowest BCUT2D eigenvalue weighted by Crippen LogP contribution is -2.33. The van der Waals surface area contributed by atoms with Crippen molar-refractivity contribution in [3.8, 4) is 11.5 Å². The van der Waals surface area contributed by atoms with Gasteiger partial charge in [0.2, 0.25) is 0 Å². The highest BCUT2D eigenvalue weighted by molar-refractivity contribution is 7.80. The summed E-state index contributed by atoms with van der Waals surface area (Å²) < 4.78 is 16.3. The molecule has 28 heavy (non-hydrogen) atoms. The van der Waals surface area contributed by atoms with E-state index in [-0.39, 0.29) is 0 Å². The first-order valence-corrected chi connectivity index (χ1v) is 9.35. The number of rotatable bonds is 7. The minimum absolute atomic E-state index is 0.546. The lowest BCUT2D eigenvalue weighted by atomic mass is 10.2. The van der Waals surface area contributed by atoms with Crippen LogP contribution in [0.15, 0.2) is 65.3 Å². The lowest BCUT2D eigenvalue weighted by molar-refractivity contribution is 0.358. The molecule has 6 heteroatoms. The molecule has 1 heterocycles. The highest BCUT2D eigenvalue weighted by Crippen LogP contribution is 2.26. The molecule has 5 nitrogen and oxygen atoms in total. The van der Waals surface area contributed by atoms with Crippen LogP contribution in [0.3, 0.4) is 0 Å². The Kier molecular flexibility index (Phi) is 6.55. The van der Waals surface area contributed by atoms with Crippen molar-refractivity contribution in [2.24, 2.45) is 0 Å². The van der Waals surface area contributed by atoms with E-state index in [9.17, 15) is 0 Å². The Morgan fingerprint density at radius 1 is 1.04 bits per heavy atom. The molecule has 2 aromatic carbocycles. The summed E-state index contributed by atoms with van der Waals surface area (Å²) in [6, 6.07) is 17.7. The molecule has 0 saturated carbocycles. The third-order valence-corrected chi connectivity index (χ3v) is 4.68. The van der Waals surface area contributed by atoms with E-state index in [1.54, 1.807) is 20.5 Å². The molecule has 0 radical (unpaired) electrons. The van der Waals surface area contributed by atoms with Gasteiger partial charge < -0.3 is 24.1 Å². The van der Waals surface area contributed by atoms with Crippen LogP contribution < -0.4 is 14.8 Å². The number of methoxy groups -OCH3 is 2. The molecule has 3 aromatic rings. The second kappa shape index (κ2) is 9.28. The van der Waals surface area contributed by atoms with Gasteiger partial charge >= 0.3 is 0 Å². The Balaban J connectivity index is 1.83. The highest BCUT2D eigenvalue weighted by atomic mass is 32.1. The number of thiocarbonyl (C=S) groups is 1. The van der Waals surface area contributed by atoms with E-state index in [1.165, 1.54) is 0 Å². The van der Waals surface area contributed by atoms with Crippen LogP contribution in [-0.4, -0.2) is 24.2 Å². The monoisotopic (exact) mass is 396 g/mol. The molecule has 0 amide bonds. The van der Waals surface area contributed by atoms with Crippen LogP contribution in [0.2, 0.25) is 0 Å². The molecule has 0 aliphatic carbocycles. The average Bonchev–Trinajstić information content (AvgIpc) is 3.21.